The number of hydrogen-bond donors (Lipinski definition) is 11. The molecule has 25 nitrogen and oxygen atoms in total. The summed E-state index contributed by atoms with van der Waals surface area (Å²) in [6.07, 6.45) is 8.13. The van der Waals surface area contributed by atoms with Crippen molar-refractivity contribution in [1.82, 2.24) is 24.9 Å². The molecule has 0 aliphatic rings. The number of aryl methyl sites for hydroxylation is 1. The molecule has 0 saturated carbocycles. The Bertz CT molecular complexity index is 6060. The smallest absolute Gasteiger partial charge is 0.251 e. The van der Waals surface area contributed by atoms with Gasteiger partial charge in [-0.3, -0.25) is 24.0 Å². The van der Waals surface area contributed by atoms with E-state index in [-0.39, 0.29) is 12.5 Å². The van der Waals surface area contributed by atoms with Crippen LogP contribution in [0.2, 0.25) is 0 Å². The van der Waals surface area contributed by atoms with Crippen molar-refractivity contribution < 1.29 is 28.7 Å². The number of benzene rings is 5. The van der Waals surface area contributed by atoms with Crippen LogP contribution in [0.3, 0.4) is 0 Å². The normalized spacial score (nSPS) is 11.0. The zero-order chi connectivity index (χ0) is 78.1. The van der Waals surface area contributed by atoms with Gasteiger partial charge in [0, 0.05) is 108 Å². The predicted octanol–water partition coefficient (Wildman–Crippen LogP) is 14.0. The zero-order valence-corrected chi connectivity index (χ0v) is 62.8. The standard InChI is InChI=1S/C17H14N4OS.C16H12N4O2S.C16H16N4OS.C16H15N3OS.C14H12N4OS/c1-9(7-18)10-2-4-11(5-3-10)14-6-12-15(23-14)13(17(20)22)8-21-16(12)19;17-5-6-22-10-3-1-9(2-4-10)13-7-11-14(23-13)12(16(19)21)8-20-15(11)18;1-20(2)10-5-3-9(4-6-10)13-7-11-14(22-13)12(16(18)21)8-19-15(11)17;1-2-9-3-5-10(6-4-9)13-7-11-14(21-13)12(16(18)20)8-19-15(11)17;15-8-3-1-7(2-4-8)11-5-9-12(20-11)10(14(17)19)6-18-13(9)16/h2-6,8-9H,1H3,(H2,19,21)(H2,20,22);1-4,7-8H,6H2,(H2,18,20)(H2,19,21);3-8H,1-2H3,(H2,17,19)(H2,18,21);3-8H,2H2,1H3,(H2,17,19)(H2,18,20);1-6H,15H2,(H2,16,18)(H2,17,19). The summed E-state index contributed by atoms with van der Waals surface area (Å²) in [4.78, 5) is 84.7. The number of nitrogens with two attached hydrogens (primary N) is 11. The fraction of sp³-hybridized carbons (Fsp3) is 0.0886. The quantitative estimate of drug-likeness (QED) is 0.0425. The third-order valence-electron chi connectivity index (χ3n) is 17.1. The van der Waals surface area contributed by atoms with Gasteiger partial charge in [-0.2, -0.15) is 10.5 Å². The van der Waals surface area contributed by atoms with E-state index in [1.165, 1.54) is 93.2 Å². The largest absolute Gasteiger partial charge is 0.479 e. The summed E-state index contributed by atoms with van der Waals surface area (Å²) in [5, 5.41) is 21.2. The summed E-state index contributed by atoms with van der Waals surface area (Å²) in [5.74, 6) is -0.0977. The van der Waals surface area contributed by atoms with E-state index in [0.717, 1.165) is 115 Å². The highest BCUT2D eigenvalue weighted by atomic mass is 32.1. The summed E-state index contributed by atoms with van der Waals surface area (Å²) in [6, 6.07) is 53.0. The second-order valence-corrected chi connectivity index (χ2v) is 29.7. The SMILES string of the molecule is CC(C#N)c1ccc(-c2cc3c(N)ncc(C(N)=O)c3s2)cc1.CCc1ccc(-c2cc3c(N)ncc(C(N)=O)c3s2)cc1.CN(C)c1ccc(-c2cc3c(N)ncc(C(N)=O)c3s2)cc1.N#CCOc1ccc(-c2cc3c(N)ncc(C(N)=O)c3s2)cc1.NC(=O)c1cnc(N)c2cc(-c3ccc(N)cc3)sc12. The van der Waals surface area contributed by atoms with Crippen LogP contribution in [0.4, 0.5) is 40.5 Å². The van der Waals surface area contributed by atoms with E-state index in [1.807, 2.05) is 135 Å². The number of nitriles is 2. The number of nitrogens with zero attached hydrogens (tertiary/aromatic N) is 8. The second kappa shape index (κ2) is 33.2. The Labute approximate surface area is 643 Å². The van der Waals surface area contributed by atoms with E-state index in [9.17, 15) is 24.0 Å². The number of aromatic nitrogens is 5. The van der Waals surface area contributed by atoms with Crippen LogP contribution in [0.15, 0.2) is 183 Å². The number of amides is 5. The zero-order valence-electron chi connectivity index (χ0n) is 58.7. The van der Waals surface area contributed by atoms with Gasteiger partial charge in [-0.1, -0.05) is 79.7 Å². The molecule has 0 aliphatic heterocycles. The second-order valence-electron chi connectivity index (χ2n) is 24.4. The van der Waals surface area contributed by atoms with Crippen LogP contribution in [0, 0.1) is 22.7 Å². The van der Waals surface area contributed by atoms with Crippen molar-refractivity contribution in [2.24, 2.45) is 28.7 Å². The Morgan fingerprint density at radius 1 is 0.413 bits per heavy atom. The molecule has 0 spiro atoms. The fourth-order valence-electron chi connectivity index (χ4n) is 11.1. The van der Waals surface area contributed by atoms with Crippen LogP contribution < -0.4 is 72.7 Å². The van der Waals surface area contributed by atoms with Gasteiger partial charge in [0.1, 0.15) is 40.9 Å². The van der Waals surface area contributed by atoms with Gasteiger partial charge in [0.05, 0.1) is 63.3 Å². The molecule has 0 fully saturated rings. The number of pyridine rings is 5. The Morgan fingerprint density at radius 2 is 0.679 bits per heavy atom. The molecular formula is C79H69N19O6S5. The maximum atomic E-state index is 11.5. The molecular weight excluding hydrogens is 1470 g/mol. The maximum Gasteiger partial charge on any atom is 0.251 e. The van der Waals surface area contributed by atoms with Crippen LogP contribution in [-0.4, -0.2) is 75.2 Å². The molecule has 546 valence electrons. The molecule has 5 amide bonds. The average molecular weight is 1540 g/mol. The molecule has 15 rings (SSSR count). The van der Waals surface area contributed by atoms with E-state index >= 15 is 0 Å². The first-order valence-electron chi connectivity index (χ1n) is 33.0. The number of nitrogen functional groups attached to an aromatic ring is 6. The molecule has 0 radical (unpaired) electrons. The van der Waals surface area contributed by atoms with E-state index in [2.05, 4.69) is 74.3 Å². The number of ether oxygens (including phenoxy) is 1. The van der Waals surface area contributed by atoms with Gasteiger partial charge < -0.3 is 72.7 Å². The molecule has 0 bridgehead atoms. The molecule has 15 aromatic rings. The first-order chi connectivity index (χ1) is 52.2. The molecule has 0 aliphatic carbocycles. The monoisotopic (exact) mass is 1540 g/mol. The predicted molar refractivity (Wildman–Crippen MR) is 443 cm³/mol. The van der Waals surface area contributed by atoms with Crippen molar-refractivity contribution in [3.05, 3.63) is 222 Å². The van der Waals surface area contributed by atoms with Gasteiger partial charge in [0.25, 0.3) is 29.5 Å². The van der Waals surface area contributed by atoms with Crippen molar-refractivity contribution in [2.45, 2.75) is 26.2 Å². The molecule has 10 heterocycles. The minimum Gasteiger partial charge on any atom is -0.479 e. The van der Waals surface area contributed by atoms with E-state index in [4.69, 9.17) is 78.3 Å². The third-order valence-corrected chi connectivity index (χ3v) is 23.2. The Morgan fingerprint density at radius 3 is 0.936 bits per heavy atom. The van der Waals surface area contributed by atoms with Crippen molar-refractivity contribution in [3.63, 3.8) is 0 Å². The Hall–Kier alpha value is -13.6. The van der Waals surface area contributed by atoms with Crippen LogP contribution in [0.1, 0.15) is 82.7 Å². The number of rotatable bonds is 15. The maximum absolute atomic E-state index is 11.5. The van der Waals surface area contributed by atoms with Crippen molar-refractivity contribution in [1.29, 1.82) is 10.5 Å². The van der Waals surface area contributed by atoms with Gasteiger partial charge in [-0.05, 0) is 131 Å². The lowest BCUT2D eigenvalue weighted by Crippen LogP contribution is -2.11. The molecule has 1 unspecified atom stereocenters. The van der Waals surface area contributed by atoms with Crippen molar-refractivity contribution >= 4 is 177 Å². The van der Waals surface area contributed by atoms with Crippen molar-refractivity contribution in [3.8, 4) is 70.1 Å². The lowest BCUT2D eigenvalue weighted by molar-refractivity contribution is 0.0993. The van der Waals surface area contributed by atoms with Gasteiger partial charge in [-0.15, -0.1) is 56.7 Å². The number of hydrogen-bond acceptors (Lipinski definition) is 25. The number of carbonyl (C=O) groups excluding carboxylic acids is 5. The molecule has 1 atom stereocenters. The van der Waals surface area contributed by atoms with Gasteiger partial charge >= 0.3 is 0 Å². The first kappa shape index (κ1) is 76.5. The summed E-state index contributed by atoms with van der Waals surface area (Å²) in [5.41, 5.74) is 73.3. The average Bonchev–Trinajstić information content (AvgIpc) is 1.67. The van der Waals surface area contributed by atoms with Crippen molar-refractivity contribution in [2.75, 3.05) is 60.0 Å². The first-order valence-corrected chi connectivity index (χ1v) is 37.0. The minimum atomic E-state index is -0.531. The number of fused-ring (bicyclic) bond motifs is 5. The number of anilines is 7. The molecule has 5 aromatic carbocycles. The summed E-state index contributed by atoms with van der Waals surface area (Å²) < 4.78 is 9.04. The van der Waals surface area contributed by atoms with Gasteiger partial charge in [0.2, 0.25) is 0 Å². The summed E-state index contributed by atoms with van der Waals surface area (Å²) >= 11 is 7.36. The van der Waals surface area contributed by atoms with Gasteiger partial charge in [-0.25, -0.2) is 24.9 Å². The third kappa shape index (κ3) is 17.0. The van der Waals surface area contributed by atoms with Crippen LogP contribution >= 0.6 is 56.7 Å². The highest BCUT2D eigenvalue weighted by Crippen LogP contribution is 2.43. The molecule has 0 saturated heterocycles. The number of thiophene rings is 5. The molecule has 30 heteroatoms. The van der Waals surface area contributed by atoms with Gasteiger partial charge in [0.15, 0.2) is 6.61 Å². The highest BCUT2D eigenvalue weighted by Gasteiger charge is 2.21. The van der Waals surface area contributed by atoms with Crippen LogP contribution in [0.5, 0.6) is 5.75 Å². The lowest BCUT2D eigenvalue weighted by atomic mass is 10.0. The molecule has 22 N–H and O–H groups in total. The van der Waals surface area contributed by atoms with E-state index < -0.39 is 29.5 Å². The molecule has 109 heavy (non-hydrogen) atoms. The van der Waals surface area contributed by atoms with Crippen LogP contribution in [0.25, 0.3) is 103 Å². The van der Waals surface area contributed by atoms with E-state index in [1.54, 1.807) is 12.1 Å². The lowest BCUT2D eigenvalue weighted by Gasteiger charge is -2.12. The minimum absolute atomic E-state index is 0.00636. The highest BCUT2D eigenvalue weighted by molar-refractivity contribution is 7.24. The van der Waals surface area contributed by atoms with Crippen LogP contribution in [-0.2, 0) is 6.42 Å². The summed E-state index contributed by atoms with van der Waals surface area (Å²) in [6.45, 7) is 3.99. The Kier molecular flexibility index (Phi) is 23.3. The number of carbonyl (C=O) groups is 5. The topological polar surface area (TPSA) is 496 Å². The van der Waals surface area contributed by atoms with E-state index in [0.29, 0.717) is 73.7 Å². The summed E-state index contributed by atoms with van der Waals surface area (Å²) in [7, 11) is 4.00. The number of primary amides is 5. The Balaban J connectivity index is 0.000000135. The fourth-order valence-corrected chi connectivity index (χ4v) is 17.1. The molecule has 10 aromatic heterocycles.